The van der Waals surface area contributed by atoms with E-state index in [-0.39, 0.29) is 76.0 Å². The Morgan fingerprint density at radius 1 is 0.978 bits per heavy atom. The summed E-state index contributed by atoms with van der Waals surface area (Å²) < 4.78 is 11.1. The Balaban J connectivity index is 0.00000288. The van der Waals surface area contributed by atoms with Gasteiger partial charge in [-0.1, -0.05) is 60.7 Å². The summed E-state index contributed by atoms with van der Waals surface area (Å²) in [5.74, 6) is -0.361. The molecule has 2 aliphatic heterocycles. The van der Waals surface area contributed by atoms with Crippen molar-refractivity contribution in [1.29, 1.82) is 0 Å². The first kappa shape index (κ1) is 36.4. The number of aromatic hydroxyl groups is 1. The van der Waals surface area contributed by atoms with Crippen LogP contribution in [0.2, 0.25) is 0 Å². The fourth-order valence-corrected chi connectivity index (χ4v) is 6.62. The maximum atomic E-state index is 14.3. The minimum atomic E-state index is -0.698. The summed E-state index contributed by atoms with van der Waals surface area (Å²) in [6.45, 7) is 4.63. The number of carbonyl (C=O) groups is 3. The van der Waals surface area contributed by atoms with Gasteiger partial charge in [-0.25, -0.2) is 4.79 Å². The topological polar surface area (TPSA) is 108 Å². The summed E-state index contributed by atoms with van der Waals surface area (Å²) in [7, 11) is 3.12. The molecule has 9 nitrogen and oxygen atoms in total. The third-order valence-electron chi connectivity index (χ3n) is 8.64. The molecule has 0 saturated carbocycles. The molecule has 0 radical (unpaired) electrons. The Labute approximate surface area is 284 Å². The van der Waals surface area contributed by atoms with Crippen LogP contribution in [0.4, 0.5) is 4.79 Å². The number of nitrogens with one attached hydrogen (secondary N) is 1. The average molecular weight is 666 g/mol. The SMILES string of the molecule is C=CC[C@@H]1CC(=O)C2[C@@H](Cc3ccc(O)cc3)C(=O)N(Cc3cccc(OC)c3OC)C[C@@H]2N1C(=O)NCc1ccccc1.S.S. The molecule has 0 aromatic heterocycles. The number of benzene rings is 3. The van der Waals surface area contributed by atoms with E-state index in [1.807, 2.05) is 42.5 Å². The first-order valence-electron chi connectivity index (χ1n) is 14.8. The second-order valence-electron chi connectivity index (χ2n) is 11.3. The fourth-order valence-electron chi connectivity index (χ4n) is 6.62. The summed E-state index contributed by atoms with van der Waals surface area (Å²) in [6.07, 6.45) is 2.63. The lowest BCUT2D eigenvalue weighted by molar-refractivity contribution is -0.155. The van der Waals surface area contributed by atoms with Crippen molar-refractivity contribution in [1.82, 2.24) is 15.1 Å². The van der Waals surface area contributed by atoms with Crippen LogP contribution in [-0.2, 0) is 29.1 Å². The number of hydrogen-bond donors (Lipinski definition) is 2. The number of phenols is 1. The number of amides is 3. The van der Waals surface area contributed by atoms with Crippen molar-refractivity contribution in [2.24, 2.45) is 11.8 Å². The molecule has 2 fully saturated rings. The third kappa shape index (κ3) is 7.82. The van der Waals surface area contributed by atoms with E-state index in [1.165, 1.54) is 0 Å². The predicted octanol–water partition coefficient (Wildman–Crippen LogP) is 4.95. The van der Waals surface area contributed by atoms with Gasteiger partial charge in [-0.2, -0.15) is 27.0 Å². The van der Waals surface area contributed by atoms with E-state index in [0.717, 1.165) is 16.7 Å². The first-order valence-corrected chi connectivity index (χ1v) is 14.8. The van der Waals surface area contributed by atoms with E-state index < -0.39 is 17.9 Å². The number of hydrogen-bond acceptors (Lipinski definition) is 6. The molecule has 2 saturated heterocycles. The van der Waals surface area contributed by atoms with Crippen LogP contribution in [0.3, 0.4) is 0 Å². The molecular weight excluding hydrogens is 623 g/mol. The van der Waals surface area contributed by atoms with Gasteiger partial charge in [0, 0.05) is 37.7 Å². The molecule has 0 spiro atoms. The molecule has 0 aliphatic carbocycles. The highest BCUT2D eigenvalue weighted by Crippen LogP contribution is 2.40. The van der Waals surface area contributed by atoms with Crippen molar-refractivity contribution in [3.8, 4) is 17.2 Å². The summed E-state index contributed by atoms with van der Waals surface area (Å²) in [5, 5.41) is 12.9. The molecule has 11 heteroatoms. The standard InChI is InChI=1S/C35H39N3O6.2H2S/c1-4-9-26-19-30(40)32-28(18-23-14-16-27(39)17-15-23)34(41)37(21-25-12-8-13-31(43-2)33(25)44-3)22-29(32)38(26)35(42)36-20-24-10-6-5-7-11-24;;/h4-8,10-17,26,28-29,32,39H,1,9,18-22H2,2-3H3,(H,36,42);2*1H2/t26-,28-,29+,32?;;/m1../s1. The Hall–Kier alpha value is -4.09. The van der Waals surface area contributed by atoms with E-state index >= 15 is 0 Å². The largest absolute Gasteiger partial charge is 0.508 e. The number of nitrogens with zero attached hydrogens (tertiary/aromatic N) is 2. The van der Waals surface area contributed by atoms with Crippen LogP contribution in [0.1, 0.15) is 29.5 Å². The molecule has 3 aromatic carbocycles. The smallest absolute Gasteiger partial charge is 0.318 e. The maximum Gasteiger partial charge on any atom is 0.318 e. The van der Waals surface area contributed by atoms with Gasteiger partial charge < -0.3 is 29.7 Å². The number of para-hydroxylation sites is 1. The van der Waals surface area contributed by atoms with Crippen molar-refractivity contribution < 1.29 is 29.0 Å². The van der Waals surface area contributed by atoms with E-state index in [1.54, 1.807) is 60.4 Å². The number of piperidine rings is 2. The summed E-state index contributed by atoms with van der Waals surface area (Å²) >= 11 is 0. The molecule has 46 heavy (non-hydrogen) atoms. The van der Waals surface area contributed by atoms with E-state index in [0.29, 0.717) is 30.9 Å². The lowest BCUT2D eigenvalue weighted by Gasteiger charge is -2.52. The molecule has 2 N–H and O–H groups in total. The molecular formula is C35H43N3O6S2. The van der Waals surface area contributed by atoms with Crippen LogP contribution in [0.5, 0.6) is 17.2 Å². The number of methoxy groups -OCH3 is 2. The first-order chi connectivity index (χ1) is 21.3. The molecule has 246 valence electrons. The summed E-state index contributed by atoms with van der Waals surface area (Å²) in [5.41, 5.74) is 2.54. The van der Waals surface area contributed by atoms with Crippen LogP contribution in [0.25, 0.3) is 0 Å². The number of phenolic OH excluding ortho intramolecular Hbond substituents is 1. The minimum absolute atomic E-state index is 0. The van der Waals surface area contributed by atoms with Gasteiger partial charge in [0.2, 0.25) is 5.91 Å². The molecule has 3 amide bonds. The molecule has 1 unspecified atom stereocenters. The maximum absolute atomic E-state index is 14.3. The summed E-state index contributed by atoms with van der Waals surface area (Å²) in [6, 6.07) is 20.6. The van der Waals surface area contributed by atoms with Gasteiger partial charge >= 0.3 is 6.03 Å². The number of rotatable bonds is 10. The zero-order valence-corrected chi connectivity index (χ0v) is 28.1. The van der Waals surface area contributed by atoms with Crippen LogP contribution < -0.4 is 14.8 Å². The van der Waals surface area contributed by atoms with Crippen molar-refractivity contribution in [2.75, 3.05) is 20.8 Å². The number of ketones is 1. The number of ether oxygens (including phenoxy) is 2. The number of carbonyl (C=O) groups excluding carboxylic acids is 3. The van der Waals surface area contributed by atoms with Crippen LogP contribution in [0.15, 0.2) is 85.5 Å². The van der Waals surface area contributed by atoms with E-state index in [2.05, 4.69) is 11.9 Å². The third-order valence-corrected chi connectivity index (χ3v) is 8.64. The second-order valence-corrected chi connectivity index (χ2v) is 11.3. The van der Waals surface area contributed by atoms with Crippen LogP contribution >= 0.6 is 27.0 Å². The van der Waals surface area contributed by atoms with Crippen LogP contribution in [-0.4, -0.2) is 65.5 Å². The fraction of sp³-hybridized carbons (Fsp3) is 0.343. The summed E-state index contributed by atoms with van der Waals surface area (Å²) in [4.78, 5) is 45.6. The number of urea groups is 1. The van der Waals surface area contributed by atoms with Crippen molar-refractivity contribution in [3.05, 3.63) is 102 Å². The van der Waals surface area contributed by atoms with Gasteiger partial charge in [0.15, 0.2) is 11.5 Å². The number of Topliss-reactive ketones (excluding diaryl/α,β-unsaturated/α-hetero) is 1. The Bertz CT molecular complexity index is 1500. The normalized spacial score (nSPS) is 20.5. The zero-order valence-electron chi connectivity index (χ0n) is 26.1. The average Bonchev–Trinajstić information content (AvgIpc) is 3.03. The van der Waals surface area contributed by atoms with E-state index in [4.69, 9.17) is 9.47 Å². The lowest BCUT2D eigenvalue weighted by Crippen LogP contribution is -2.68. The van der Waals surface area contributed by atoms with Gasteiger partial charge in [0.1, 0.15) is 11.5 Å². The minimum Gasteiger partial charge on any atom is -0.508 e. The highest BCUT2D eigenvalue weighted by Gasteiger charge is 2.53. The predicted molar refractivity (Wildman–Crippen MR) is 187 cm³/mol. The van der Waals surface area contributed by atoms with Gasteiger partial charge in [-0.15, -0.1) is 6.58 Å². The van der Waals surface area contributed by atoms with Crippen molar-refractivity contribution in [3.63, 3.8) is 0 Å². The van der Waals surface area contributed by atoms with Crippen LogP contribution in [0, 0.1) is 11.8 Å². The Kier molecular flexibility index (Phi) is 13.0. The highest BCUT2D eigenvalue weighted by atomic mass is 32.1. The zero-order chi connectivity index (χ0) is 31.2. The molecule has 0 bridgehead atoms. The van der Waals surface area contributed by atoms with Crippen molar-refractivity contribution >= 4 is 44.7 Å². The van der Waals surface area contributed by atoms with Gasteiger partial charge in [-0.05, 0) is 42.2 Å². The Morgan fingerprint density at radius 3 is 2.35 bits per heavy atom. The van der Waals surface area contributed by atoms with Gasteiger partial charge in [-0.3, -0.25) is 9.59 Å². The number of likely N-dealkylation sites (tertiary alicyclic amines) is 2. The van der Waals surface area contributed by atoms with Gasteiger partial charge in [0.25, 0.3) is 0 Å². The molecule has 2 heterocycles. The van der Waals surface area contributed by atoms with Gasteiger partial charge in [0.05, 0.1) is 32.1 Å². The van der Waals surface area contributed by atoms with Crippen molar-refractivity contribution in [2.45, 2.75) is 44.4 Å². The lowest BCUT2D eigenvalue weighted by atomic mass is 9.70. The molecule has 5 rings (SSSR count). The molecule has 3 aromatic rings. The molecule has 2 aliphatic rings. The monoisotopic (exact) mass is 665 g/mol. The van der Waals surface area contributed by atoms with E-state index in [9.17, 15) is 19.5 Å². The second kappa shape index (κ2) is 16.5. The molecule has 4 atom stereocenters. The highest BCUT2D eigenvalue weighted by molar-refractivity contribution is 7.59. The quantitative estimate of drug-likeness (QED) is 0.297. The Morgan fingerprint density at radius 2 is 1.70 bits per heavy atom. The number of fused-ring (bicyclic) bond motifs is 1.